The SMILES string of the molecule is C=C[C@H](Cc1ccccc1)N1CC[C@@H](CC[C@@H](O)c2ccnc3ccc(OC)cc23)[C@@H](CCC(=O)O)C1. The molecule has 196 valence electrons. The number of aliphatic hydroxyl groups is 1. The van der Waals surface area contributed by atoms with Gasteiger partial charge in [-0.2, -0.15) is 0 Å². The molecular formula is C31H38N2O4. The first-order valence-corrected chi connectivity index (χ1v) is 13.2. The van der Waals surface area contributed by atoms with E-state index in [0.29, 0.717) is 18.8 Å². The first kappa shape index (κ1) is 26.8. The van der Waals surface area contributed by atoms with Gasteiger partial charge >= 0.3 is 5.97 Å². The zero-order valence-electron chi connectivity index (χ0n) is 21.6. The van der Waals surface area contributed by atoms with E-state index in [4.69, 9.17) is 4.74 Å². The Balaban J connectivity index is 1.44. The minimum absolute atomic E-state index is 0.170. The van der Waals surface area contributed by atoms with Crippen LogP contribution in [0.3, 0.4) is 0 Å². The fourth-order valence-corrected chi connectivity index (χ4v) is 5.73. The van der Waals surface area contributed by atoms with Crippen molar-refractivity contribution in [3.8, 4) is 5.75 Å². The van der Waals surface area contributed by atoms with Gasteiger partial charge in [0, 0.05) is 30.6 Å². The monoisotopic (exact) mass is 502 g/mol. The highest BCUT2D eigenvalue weighted by atomic mass is 16.5. The average Bonchev–Trinajstić information content (AvgIpc) is 2.93. The van der Waals surface area contributed by atoms with Crippen LogP contribution >= 0.6 is 0 Å². The van der Waals surface area contributed by atoms with E-state index in [1.807, 2.05) is 36.4 Å². The number of piperidine rings is 1. The number of rotatable bonds is 12. The maximum atomic E-state index is 11.4. The molecule has 6 nitrogen and oxygen atoms in total. The van der Waals surface area contributed by atoms with Crippen molar-refractivity contribution in [3.63, 3.8) is 0 Å². The van der Waals surface area contributed by atoms with Crippen LogP contribution in [0.4, 0.5) is 0 Å². The van der Waals surface area contributed by atoms with E-state index in [0.717, 1.165) is 54.6 Å². The summed E-state index contributed by atoms with van der Waals surface area (Å²) in [4.78, 5) is 18.3. The number of carbonyl (C=O) groups is 1. The van der Waals surface area contributed by atoms with E-state index in [9.17, 15) is 15.0 Å². The molecule has 4 rings (SSSR count). The molecule has 1 aliphatic rings. The molecule has 1 aliphatic heterocycles. The standard InChI is InChI=1S/C31H38N2O4/c1-3-25(19-22-7-5-4-6-8-22)33-18-16-23(24(21-33)10-14-31(35)36)9-13-30(34)27-15-17-32-29-12-11-26(37-2)20-28(27)29/h3-8,11-12,15,17,20,23-25,30,34H,1,9-10,13-14,16,18-19,21H2,2H3,(H,35,36)/t23-,24+,25-,30-/m1/s1. The fourth-order valence-electron chi connectivity index (χ4n) is 5.73. The molecule has 0 bridgehead atoms. The maximum absolute atomic E-state index is 11.4. The maximum Gasteiger partial charge on any atom is 0.303 e. The Labute approximate surface area is 219 Å². The molecule has 37 heavy (non-hydrogen) atoms. The molecule has 0 amide bonds. The highest BCUT2D eigenvalue weighted by Gasteiger charge is 2.32. The van der Waals surface area contributed by atoms with Gasteiger partial charge in [-0.1, -0.05) is 36.4 Å². The van der Waals surface area contributed by atoms with Gasteiger partial charge in [-0.15, -0.1) is 6.58 Å². The summed E-state index contributed by atoms with van der Waals surface area (Å²) in [6.45, 7) is 5.90. The minimum Gasteiger partial charge on any atom is -0.497 e. The van der Waals surface area contributed by atoms with Crippen LogP contribution in [0.15, 0.2) is 73.4 Å². The third kappa shape index (κ3) is 6.96. The largest absolute Gasteiger partial charge is 0.497 e. The number of carboxylic acids is 1. The van der Waals surface area contributed by atoms with E-state index >= 15 is 0 Å². The average molecular weight is 503 g/mol. The van der Waals surface area contributed by atoms with Crippen molar-refractivity contribution in [1.29, 1.82) is 0 Å². The second kappa shape index (κ2) is 12.8. The molecular weight excluding hydrogens is 464 g/mol. The first-order chi connectivity index (χ1) is 18.0. The van der Waals surface area contributed by atoms with Crippen molar-refractivity contribution < 1.29 is 19.7 Å². The molecule has 0 unspecified atom stereocenters. The number of benzene rings is 2. The number of likely N-dealkylation sites (tertiary alicyclic amines) is 1. The van der Waals surface area contributed by atoms with Crippen molar-refractivity contribution in [2.75, 3.05) is 20.2 Å². The zero-order valence-corrected chi connectivity index (χ0v) is 21.6. The minimum atomic E-state index is -0.752. The third-order valence-corrected chi connectivity index (χ3v) is 7.83. The number of nitrogens with zero attached hydrogens (tertiary/aromatic N) is 2. The van der Waals surface area contributed by atoms with Crippen molar-refractivity contribution in [2.24, 2.45) is 11.8 Å². The lowest BCUT2D eigenvalue weighted by atomic mass is 9.78. The number of hydrogen-bond acceptors (Lipinski definition) is 5. The van der Waals surface area contributed by atoms with Crippen LogP contribution in [0.25, 0.3) is 10.9 Å². The number of carboxylic acid groups (broad SMARTS) is 1. The quantitative estimate of drug-likeness (QED) is 0.311. The fraction of sp³-hybridized carbons (Fsp3) is 0.419. The van der Waals surface area contributed by atoms with Gasteiger partial charge in [0.05, 0.1) is 18.7 Å². The second-order valence-electron chi connectivity index (χ2n) is 10.1. The summed E-state index contributed by atoms with van der Waals surface area (Å²) in [6, 6.07) is 18.3. The normalized spacial score (nSPS) is 19.8. The molecule has 2 heterocycles. The number of aliphatic carboxylic acids is 1. The smallest absolute Gasteiger partial charge is 0.303 e. The van der Waals surface area contributed by atoms with E-state index in [-0.39, 0.29) is 18.4 Å². The van der Waals surface area contributed by atoms with Crippen LogP contribution in [0.2, 0.25) is 0 Å². The molecule has 1 aromatic heterocycles. The highest BCUT2D eigenvalue weighted by molar-refractivity contribution is 5.83. The van der Waals surface area contributed by atoms with Crippen LogP contribution in [0.5, 0.6) is 5.75 Å². The van der Waals surface area contributed by atoms with Crippen molar-refractivity contribution in [3.05, 3.63) is 84.6 Å². The number of methoxy groups -OCH3 is 1. The topological polar surface area (TPSA) is 82.9 Å². The van der Waals surface area contributed by atoms with Gasteiger partial charge < -0.3 is 14.9 Å². The molecule has 1 fully saturated rings. The van der Waals surface area contributed by atoms with Crippen LogP contribution in [0, 0.1) is 11.8 Å². The molecule has 1 saturated heterocycles. The van der Waals surface area contributed by atoms with Gasteiger partial charge in [0.2, 0.25) is 0 Å². The summed E-state index contributed by atoms with van der Waals surface area (Å²) in [6.07, 6.45) is 7.33. The summed E-state index contributed by atoms with van der Waals surface area (Å²) in [5, 5.41) is 21.4. The second-order valence-corrected chi connectivity index (χ2v) is 10.1. The Hall–Kier alpha value is -3.22. The van der Waals surface area contributed by atoms with Crippen LogP contribution in [-0.4, -0.2) is 52.3 Å². The lowest BCUT2D eigenvalue weighted by Crippen LogP contribution is -2.46. The lowest BCUT2D eigenvalue weighted by molar-refractivity contribution is -0.137. The molecule has 2 aromatic carbocycles. The van der Waals surface area contributed by atoms with Crippen molar-refractivity contribution >= 4 is 16.9 Å². The zero-order chi connectivity index (χ0) is 26.2. The Morgan fingerprint density at radius 1 is 1.19 bits per heavy atom. The summed E-state index contributed by atoms with van der Waals surface area (Å²) < 4.78 is 5.38. The van der Waals surface area contributed by atoms with E-state index in [1.54, 1.807) is 13.3 Å². The van der Waals surface area contributed by atoms with Gasteiger partial charge in [0.15, 0.2) is 0 Å². The predicted molar refractivity (Wildman–Crippen MR) is 147 cm³/mol. The summed E-state index contributed by atoms with van der Waals surface area (Å²) in [7, 11) is 1.63. The van der Waals surface area contributed by atoms with Crippen molar-refractivity contribution in [2.45, 2.75) is 50.7 Å². The first-order valence-electron chi connectivity index (χ1n) is 13.2. The molecule has 0 radical (unpaired) electrons. The Kier molecular flexibility index (Phi) is 9.31. The number of pyridine rings is 1. The van der Waals surface area contributed by atoms with E-state index in [2.05, 4.69) is 40.7 Å². The van der Waals surface area contributed by atoms with Crippen LogP contribution < -0.4 is 4.74 Å². The Morgan fingerprint density at radius 3 is 2.73 bits per heavy atom. The molecule has 6 heteroatoms. The Bertz CT molecular complexity index is 1180. The molecule has 0 spiro atoms. The number of ether oxygens (including phenoxy) is 1. The number of aromatic nitrogens is 1. The molecule has 4 atom stereocenters. The number of hydrogen-bond donors (Lipinski definition) is 2. The van der Waals surface area contributed by atoms with Gasteiger partial charge in [-0.3, -0.25) is 14.7 Å². The van der Waals surface area contributed by atoms with Crippen LogP contribution in [0.1, 0.15) is 49.3 Å². The molecule has 0 aliphatic carbocycles. The summed E-state index contributed by atoms with van der Waals surface area (Å²) in [5.41, 5.74) is 2.97. The van der Waals surface area contributed by atoms with Gasteiger partial charge in [-0.05, 0) is 85.9 Å². The molecule has 0 saturated carbocycles. The summed E-state index contributed by atoms with van der Waals surface area (Å²) >= 11 is 0. The van der Waals surface area contributed by atoms with Crippen LogP contribution in [-0.2, 0) is 11.2 Å². The Morgan fingerprint density at radius 2 is 2.00 bits per heavy atom. The molecule has 2 N–H and O–H groups in total. The number of fused-ring (bicyclic) bond motifs is 1. The van der Waals surface area contributed by atoms with Crippen molar-refractivity contribution in [1.82, 2.24) is 9.88 Å². The highest BCUT2D eigenvalue weighted by Crippen LogP contribution is 2.36. The predicted octanol–water partition coefficient (Wildman–Crippen LogP) is 5.66. The molecule has 3 aromatic rings. The summed E-state index contributed by atoms with van der Waals surface area (Å²) in [5.74, 6) is 0.625. The van der Waals surface area contributed by atoms with Gasteiger partial charge in [-0.25, -0.2) is 0 Å². The number of aliphatic hydroxyl groups excluding tert-OH is 1. The third-order valence-electron chi connectivity index (χ3n) is 7.83. The lowest BCUT2D eigenvalue weighted by Gasteiger charge is -2.42. The van der Waals surface area contributed by atoms with Gasteiger partial charge in [0.25, 0.3) is 0 Å². The van der Waals surface area contributed by atoms with Gasteiger partial charge in [0.1, 0.15) is 5.75 Å². The van der Waals surface area contributed by atoms with E-state index < -0.39 is 12.1 Å². The van der Waals surface area contributed by atoms with E-state index in [1.165, 1.54) is 5.56 Å².